The molecule has 2 aliphatic heterocycles. The van der Waals surface area contributed by atoms with Crippen molar-refractivity contribution in [3.05, 3.63) is 132 Å². The molecule has 0 N–H and O–H groups in total. The molecule has 0 fully saturated rings. The third-order valence-electron chi connectivity index (χ3n) is 7.30. The highest BCUT2D eigenvalue weighted by atomic mass is 35.5. The largest absolute Gasteiger partial charge is 0.496 e. The Kier molecular flexibility index (Phi) is 7.60. The molecule has 3 aromatic carbocycles. The molecule has 2 aliphatic rings. The van der Waals surface area contributed by atoms with Crippen molar-refractivity contribution in [1.29, 1.82) is 0 Å². The van der Waals surface area contributed by atoms with E-state index in [1.165, 1.54) is 11.7 Å². The van der Waals surface area contributed by atoms with Gasteiger partial charge in [0.2, 0.25) is 0 Å². The van der Waals surface area contributed by atoms with Gasteiger partial charge in [-0.25, -0.2) is 9.79 Å². The molecule has 0 saturated carbocycles. The number of benzene rings is 3. The van der Waals surface area contributed by atoms with Gasteiger partial charge in [0.15, 0.2) is 4.80 Å². The summed E-state index contributed by atoms with van der Waals surface area (Å²) in [6.45, 7) is 5.90. The van der Waals surface area contributed by atoms with Crippen LogP contribution in [0.5, 0.6) is 5.75 Å². The predicted molar refractivity (Wildman–Crippen MR) is 167 cm³/mol. The summed E-state index contributed by atoms with van der Waals surface area (Å²) < 4.78 is 12.9. The van der Waals surface area contributed by atoms with E-state index in [9.17, 15) is 14.4 Å². The number of rotatable bonds is 7. The van der Waals surface area contributed by atoms with Crippen molar-refractivity contribution in [2.75, 3.05) is 25.2 Å². The lowest BCUT2D eigenvalue weighted by Crippen LogP contribution is -2.41. The van der Waals surface area contributed by atoms with E-state index in [0.29, 0.717) is 43.6 Å². The number of esters is 1. The van der Waals surface area contributed by atoms with E-state index in [2.05, 4.69) is 6.58 Å². The highest BCUT2D eigenvalue weighted by Gasteiger charge is 2.39. The zero-order valence-corrected chi connectivity index (χ0v) is 24.9. The molecule has 0 saturated heterocycles. The maximum Gasteiger partial charge on any atom is 0.338 e. The Labute approximate surface area is 256 Å². The lowest BCUT2D eigenvalue weighted by atomic mass is 9.92. The molecule has 3 heterocycles. The van der Waals surface area contributed by atoms with Gasteiger partial charge >= 0.3 is 5.97 Å². The van der Waals surface area contributed by atoms with E-state index in [-0.39, 0.29) is 34.7 Å². The van der Waals surface area contributed by atoms with Gasteiger partial charge in [-0.2, -0.15) is 0 Å². The summed E-state index contributed by atoms with van der Waals surface area (Å²) in [5.74, 6) is -0.520. The lowest BCUT2D eigenvalue weighted by molar-refractivity contribution is -0.138. The summed E-state index contributed by atoms with van der Waals surface area (Å²) in [6, 6.07) is 20.6. The van der Waals surface area contributed by atoms with Gasteiger partial charge in [-0.05, 0) is 31.2 Å². The second-order valence-corrected chi connectivity index (χ2v) is 11.1. The smallest absolute Gasteiger partial charge is 0.338 e. The number of para-hydroxylation sites is 1. The molecule has 1 aromatic heterocycles. The molecule has 10 heteroatoms. The van der Waals surface area contributed by atoms with E-state index in [1.54, 1.807) is 36.1 Å². The third kappa shape index (κ3) is 4.70. The second-order valence-electron chi connectivity index (χ2n) is 9.73. The van der Waals surface area contributed by atoms with Crippen molar-refractivity contribution in [2.24, 2.45) is 4.99 Å². The van der Waals surface area contributed by atoms with Crippen LogP contribution in [0.15, 0.2) is 101 Å². The van der Waals surface area contributed by atoms with Crippen molar-refractivity contribution < 1.29 is 19.1 Å². The summed E-state index contributed by atoms with van der Waals surface area (Å²) in [5, 5.41) is 0.391. The summed E-state index contributed by atoms with van der Waals surface area (Å²) in [6.07, 6.45) is 1.64. The van der Waals surface area contributed by atoms with Crippen molar-refractivity contribution >= 4 is 51.8 Å². The van der Waals surface area contributed by atoms with E-state index in [4.69, 9.17) is 26.1 Å². The number of carbonyl (C=O) groups excluding carboxylic acids is 2. The number of amides is 1. The SMILES string of the molecule is C=CCN1C(=O)/C(=c2\sc3n(c2=O)[C@H](c2cc(Cl)ccc2OC)C(C(=O)OCC)=C(c2ccccc2)N=3)c2ccccc21. The molecule has 0 bridgehead atoms. The average Bonchev–Trinajstić information content (AvgIpc) is 3.49. The van der Waals surface area contributed by atoms with Crippen LogP contribution < -0.4 is 24.5 Å². The Morgan fingerprint density at radius 3 is 2.56 bits per heavy atom. The maximum atomic E-state index is 14.5. The van der Waals surface area contributed by atoms with E-state index in [1.807, 2.05) is 54.6 Å². The minimum atomic E-state index is -1.01. The molecule has 4 aromatic rings. The second kappa shape index (κ2) is 11.5. The van der Waals surface area contributed by atoms with Gasteiger partial charge in [-0.3, -0.25) is 14.2 Å². The first kappa shape index (κ1) is 28.4. The highest BCUT2D eigenvalue weighted by Crippen LogP contribution is 2.40. The standard InChI is InChI=1S/C33H26ClN3O5S/c1-4-17-36-23-14-10-9-13-21(23)25(30(36)38)29-31(39)37-28(22-18-20(34)15-16-24(22)41-3)26(32(40)42-5-2)27(35-33(37)43-29)19-11-7-6-8-12-19/h4,6-16,18,28H,1,5,17H2,2-3H3/b29-25-/t28-/m1/s1. The number of ether oxygens (including phenoxy) is 2. The zero-order valence-electron chi connectivity index (χ0n) is 23.4. The molecule has 0 radical (unpaired) electrons. The number of halogens is 1. The maximum absolute atomic E-state index is 14.5. The fraction of sp³-hybridized carbons (Fsp3) is 0.152. The van der Waals surface area contributed by atoms with Gasteiger partial charge in [0, 0.05) is 28.3 Å². The topological polar surface area (TPSA) is 90.2 Å². The number of hydrogen-bond acceptors (Lipinski definition) is 7. The molecular weight excluding hydrogens is 586 g/mol. The Morgan fingerprint density at radius 1 is 1.09 bits per heavy atom. The van der Waals surface area contributed by atoms with Gasteiger partial charge in [0.1, 0.15) is 16.3 Å². The Bertz CT molecular complexity index is 2010. The monoisotopic (exact) mass is 611 g/mol. The van der Waals surface area contributed by atoms with Crippen LogP contribution >= 0.6 is 22.9 Å². The fourth-order valence-corrected chi connectivity index (χ4v) is 6.79. The van der Waals surface area contributed by atoms with Crippen LogP contribution in [-0.4, -0.2) is 36.7 Å². The van der Waals surface area contributed by atoms with Gasteiger partial charge in [-0.15, -0.1) is 6.58 Å². The van der Waals surface area contributed by atoms with E-state index >= 15 is 0 Å². The van der Waals surface area contributed by atoms with Crippen LogP contribution in [0.2, 0.25) is 5.02 Å². The number of thiazole rings is 1. The van der Waals surface area contributed by atoms with Gasteiger partial charge < -0.3 is 14.4 Å². The van der Waals surface area contributed by atoms with Crippen molar-refractivity contribution in [3.63, 3.8) is 0 Å². The number of carbonyl (C=O) groups is 2. The number of hydrogen-bond donors (Lipinski definition) is 0. The molecule has 0 spiro atoms. The molecule has 1 amide bonds. The first-order chi connectivity index (χ1) is 20.9. The van der Waals surface area contributed by atoms with E-state index < -0.39 is 17.6 Å². The average molecular weight is 612 g/mol. The van der Waals surface area contributed by atoms with Crippen LogP contribution in [0, 0.1) is 0 Å². The molecule has 1 atom stereocenters. The molecule has 0 aliphatic carbocycles. The lowest BCUT2D eigenvalue weighted by Gasteiger charge is -2.27. The Hall–Kier alpha value is -4.73. The molecule has 8 nitrogen and oxygen atoms in total. The number of anilines is 1. The van der Waals surface area contributed by atoms with Crippen LogP contribution in [-0.2, 0) is 14.3 Å². The summed E-state index contributed by atoms with van der Waals surface area (Å²) in [7, 11) is 1.51. The zero-order chi connectivity index (χ0) is 30.2. The first-order valence-corrected chi connectivity index (χ1v) is 14.8. The number of nitrogens with zero attached hydrogens (tertiary/aromatic N) is 3. The molecular formula is C33H26ClN3O5S. The molecule has 6 rings (SSSR count). The number of methoxy groups -OCH3 is 1. The number of aromatic nitrogens is 1. The van der Waals surface area contributed by atoms with Gasteiger partial charge in [0.25, 0.3) is 11.5 Å². The van der Waals surface area contributed by atoms with Crippen LogP contribution in [0.1, 0.15) is 29.7 Å². The van der Waals surface area contributed by atoms with Crippen LogP contribution in [0.4, 0.5) is 5.69 Å². The third-order valence-corrected chi connectivity index (χ3v) is 8.59. The highest BCUT2D eigenvalue weighted by molar-refractivity contribution is 7.07. The minimum Gasteiger partial charge on any atom is -0.496 e. The van der Waals surface area contributed by atoms with E-state index in [0.717, 1.165) is 11.3 Å². The van der Waals surface area contributed by atoms with Crippen LogP contribution in [0.25, 0.3) is 11.3 Å². The van der Waals surface area contributed by atoms with Crippen molar-refractivity contribution in [2.45, 2.75) is 13.0 Å². The predicted octanol–water partition coefficient (Wildman–Crippen LogP) is 4.50. The minimum absolute atomic E-state index is 0.114. The summed E-state index contributed by atoms with van der Waals surface area (Å²) in [4.78, 5) is 48.9. The molecule has 0 unspecified atom stereocenters. The fourth-order valence-electron chi connectivity index (χ4n) is 5.51. The Morgan fingerprint density at radius 2 is 1.84 bits per heavy atom. The summed E-state index contributed by atoms with van der Waals surface area (Å²) >= 11 is 7.57. The van der Waals surface area contributed by atoms with Crippen molar-refractivity contribution in [3.8, 4) is 5.75 Å². The number of fused-ring (bicyclic) bond motifs is 2. The molecule has 43 heavy (non-hydrogen) atoms. The van der Waals surface area contributed by atoms with Crippen molar-refractivity contribution in [1.82, 2.24) is 4.57 Å². The van der Waals surface area contributed by atoms with Gasteiger partial charge in [0.05, 0.1) is 36.2 Å². The first-order valence-electron chi connectivity index (χ1n) is 13.6. The Balaban J connectivity index is 1.75. The van der Waals surface area contributed by atoms with Gasteiger partial charge in [-0.1, -0.05) is 77.5 Å². The van der Waals surface area contributed by atoms with Crippen LogP contribution in [0.3, 0.4) is 0 Å². The quantitative estimate of drug-likeness (QED) is 0.227. The molecule has 216 valence electrons. The normalized spacial score (nSPS) is 16.9. The summed E-state index contributed by atoms with van der Waals surface area (Å²) in [5.41, 5.74) is 2.80.